The third kappa shape index (κ3) is 12.2. The van der Waals surface area contributed by atoms with Crippen molar-refractivity contribution in [3.8, 4) is 0 Å². The molecule has 0 atom stereocenters. The van der Waals surface area contributed by atoms with Gasteiger partial charge < -0.3 is 4.90 Å². The maximum Gasteiger partial charge on any atom is 0.00299 e. The molecule has 0 aromatic heterocycles. The number of unbranched alkanes of at least 4 members (excludes halogenated alkanes) is 3. The molecule has 17 heavy (non-hydrogen) atoms. The van der Waals surface area contributed by atoms with Crippen LogP contribution in [0.5, 0.6) is 0 Å². The van der Waals surface area contributed by atoms with E-state index in [0.717, 1.165) is 5.92 Å². The molecule has 0 spiro atoms. The highest BCUT2D eigenvalue weighted by Gasteiger charge is 2.14. The fourth-order valence-electron chi connectivity index (χ4n) is 2.26. The summed E-state index contributed by atoms with van der Waals surface area (Å²) >= 11 is 0. The second kappa shape index (κ2) is 8.97. The van der Waals surface area contributed by atoms with Crippen molar-refractivity contribution in [2.75, 3.05) is 19.6 Å². The predicted octanol–water partition coefficient (Wildman–Crippen LogP) is 4.96. The van der Waals surface area contributed by atoms with Crippen molar-refractivity contribution >= 4 is 0 Å². The molecule has 0 amide bonds. The lowest BCUT2D eigenvalue weighted by molar-refractivity contribution is 0.195. The van der Waals surface area contributed by atoms with Crippen LogP contribution in [0.25, 0.3) is 0 Å². The lowest BCUT2D eigenvalue weighted by Crippen LogP contribution is -2.33. The summed E-state index contributed by atoms with van der Waals surface area (Å²) in [7, 11) is 0. The van der Waals surface area contributed by atoms with Crippen LogP contribution in [-0.2, 0) is 0 Å². The van der Waals surface area contributed by atoms with E-state index in [0.29, 0.717) is 5.41 Å². The Morgan fingerprint density at radius 1 is 0.941 bits per heavy atom. The normalized spacial score (nSPS) is 12.7. The van der Waals surface area contributed by atoms with Gasteiger partial charge in [0.05, 0.1) is 0 Å². The molecule has 0 bridgehead atoms. The molecule has 0 aliphatic rings. The molecule has 0 saturated carbocycles. The zero-order valence-electron chi connectivity index (χ0n) is 13.2. The van der Waals surface area contributed by atoms with Crippen molar-refractivity contribution in [3.63, 3.8) is 0 Å². The third-order valence-corrected chi connectivity index (χ3v) is 3.15. The topological polar surface area (TPSA) is 3.24 Å². The number of rotatable bonds is 9. The molecule has 1 nitrogen and oxygen atoms in total. The van der Waals surface area contributed by atoms with Crippen molar-refractivity contribution in [3.05, 3.63) is 0 Å². The highest BCUT2D eigenvalue weighted by molar-refractivity contribution is 4.68. The van der Waals surface area contributed by atoms with Crippen LogP contribution in [0.3, 0.4) is 0 Å². The van der Waals surface area contributed by atoms with Crippen LogP contribution in [0, 0.1) is 11.3 Å². The Morgan fingerprint density at radius 2 is 1.53 bits per heavy atom. The first kappa shape index (κ1) is 17.0. The molecule has 0 aromatic carbocycles. The highest BCUT2D eigenvalue weighted by atomic mass is 15.1. The van der Waals surface area contributed by atoms with E-state index in [1.807, 2.05) is 0 Å². The Morgan fingerprint density at radius 3 is 2.00 bits per heavy atom. The SMILES string of the molecule is CCN(CCCCCCC(C)C)CC(C)(C)C. The molecule has 0 rings (SSSR count). The van der Waals surface area contributed by atoms with Crippen LogP contribution < -0.4 is 0 Å². The molecule has 0 saturated heterocycles. The molecule has 0 radical (unpaired) electrons. The van der Waals surface area contributed by atoms with Gasteiger partial charge in [0.2, 0.25) is 0 Å². The largest absolute Gasteiger partial charge is 0.303 e. The number of hydrogen-bond acceptors (Lipinski definition) is 1. The molecule has 0 aromatic rings. The van der Waals surface area contributed by atoms with Crippen molar-refractivity contribution < 1.29 is 0 Å². The fourth-order valence-corrected chi connectivity index (χ4v) is 2.26. The quantitative estimate of drug-likeness (QED) is 0.516. The predicted molar refractivity (Wildman–Crippen MR) is 79.5 cm³/mol. The van der Waals surface area contributed by atoms with E-state index in [2.05, 4.69) is 46.4 Å². The van der Waals surface area contributed by atoms with E-state index < -0.39 is 0 Å². The van der Waals surface area contributed by atoms with Crippen LogP contribution in [0.2, 0.25) is 0 Å². The van der Waals surface area contributed by atoms with E-state index in [1.165, 1.54) is 51.7 Å². The van der Waals surface area contributed by atoms with Gasteiger partial charge in [-0.15, -0.1) is 0 Å². The lowest BCUT2D eigenvalue weighted by atomic mass is 9.96. The second-order valence-corrected chi connectivity index (χ2v) is 7.03. The monoisotopic (exact) mass is 241 g/mol. The van der Waals surface area contributed by atoms with E-state index in [9.17, 15) is 0 Å². The Kier molecular flexibility index (Phi) is 8.94. The number of nitrogens with zero attached hydrogens (tertiary/aromatic N) is 1. The minimum Gasteiger partial charge on any atom is -0.303 e. The molecule has 0 aliphatic carbocycles. The summed E-state index contributed by atoms with van der Waals surface area (Å²) in [5, 5.41) is 0. The molecule has 0 fully saturated rings. The minimum absolute atomic E-state index is 0.438. The molecule has 104 valence electrons. The van der Waals surface area contributed by atoms with Crippen molar-refractivity contribution in [1.82, 2.24) is 4.90 Å². The van der Waals surface area contributed by atoms with Gasteiger partial charge in [0.1, 0.15) is 0 Å². The average Bonchev–Trinajstić information content (AvgIpc) is 2.19. The molecular weight excluding hydrogens is 206 g/mol. The summed E-state index contributed by atoms with van der Waals surface area (Å²) < 4.78 is 0. The summed E-state index contributed by atoms with van der Waals surface area (Å²) in [6, 6.07) is 0. The van der Waals surface area contributed by atoms with Gasteiger partial charge >= 0.3 is 0 Å². The molecule has 0 heterocycles. The summed E-state index contributed by atoms with van der Waals surface area (Å²) in [6.45, 7) is 17.6. The van der Waals surface area contributed by atoms with Gasteiger partial charge in [0.15, 0.2) is 0 Å². The Hall–Kier alpha value is -0.0400. The Labute approximate surface area is 110 Å². The van der Waals surface area contributed by atoms with E-state index in [4.69, 9.17) is 0 Å². The molecule has 1 heteroatoms. The lowest BCUT2D eigenvalue weighted by Gasteiger charge is -2.28. The van der Waals surface area contributed by atoms with Crippen LogP contribution >= 0.6 is 0 Å². The van der Waals surface area contributed by atoms with Gasteiger partial charge in [-0.3, -0.25) is 0 Å². The highest BCUT2D eigenvalue weighted by Crippen LogP contribution is 2.16. The van der Waals surface area contributed by atoms with Gasteiger partial charge in [-0.25, -0.2) is 0 Å². The average molecular weight is 241 g/mol. The van der Waals surface area contributed by atoms with Crippen LogP contribution in [0.15, 0.2) is 0 Å². The third-order valence-electron chi connectivity index (χ3n) is 3.15. The maximum absolute atomic E-state index is 2.60. The summed E-state index contributed by atoms with van der Waals surface area (Å²) in [5.74, 6) is 0.878. The first-order valence-corrected chi connectivity index (χ1v) is 7.57. The summed E-state index contributed by atoms with van der Waals surface area (Å²) in [4.78, 5) is 2.60. The van der Waals surface area contributed by atoms with E-state index >= 15 is 0 Å². The van der Waals surface area contributed by atoms with Crippen LogP contribution in [-0.4, -0.2) is 24.5 Å². The van der Waals surface area contributed by atoms with Crippen LogP contribution in [0.4, 0.5) is 0 Å². The molecule has 0 N–H and O–H groups in total. The second-order valence-electron chi connectivity index (χ2n) is 7.03. The van der Waals surface area contributed by atoms with Gasteiger partial charge in [-0.1, -0.05) is 67.2 Å². The van der Waals surface area contributed by atoms with Gasteiger partial charge in [-0.2, -0.15) is 0 Å². The maximum atomic E-state index is 2.60. The van der Waals surface area contributed by atoms with Crippen molar-refractivity contribution in [2.45, 2.75) is 73.6 Å². The first-order chi connectivity index (χ1) is 7.85. The Bertz CT molecular complexity index is 167. The van der Waals surface area contributed by atoms with E-state index in [1.54, 1.807) is 0 Å². The molecule has 0 unspecified atom stereocenters. The standard InChI is InChI=1S/C16H35N/c1-7-17(14-16(4,5)6)13-11-9-8-10-12-15(2)3/h15H,7-14H2,1-6H3. The van der Waals surface area contributed by atoms with Gasteiger partial charge in [0, 0.05) is 6.54 Å². The van der Waals surface area contributed by atoms with Gasteiger partial charge in [0.25, 0.3) is 0 Å². The van der Waals surface area contributed by atoms with Crippen molar-refractivity contribution in [2.24, 2.45) is 11.3 Å². The molecule has 0 aliphatic heterocycles. The van der Waals surface area contributed by atoms with Crippen molar-refractivity contribution in [1.29, 1.82) is 0 Å². The van der Waals surface area contributed by atoms with E-state index in [-0.39, 0.29) is 0 Å². The fraction of sp³-hybridized carbons (Fsp3) is 1.00. The smallest absolute Gasteiger partial charge is 0.00299 e. The summed E-state index contributed by atoms with van der Waals surface area (Å²) in [6.07, 6.45) is 7.03. The molecular formula is C16H35N. The Balaban J connectivity index is 3.50. The summed E-state index contributed by atoms with van der Waals surface area (Å²) in [5.41, 5.74) is 0.438. The van der Waals surface area contributed by atoms with Gasteiger partial charge in [-0.05, 0) is 30.8 Å². The zero-order valence-corrected chi connectivity index (χ0v) is 13.2. The number of hydrogen-bond donors (Lipinski definition) is 0. The minimum atomic E-state index is 0.438. The zero-order chi connectivity index (χ0) is 13.3. The van der Waals surface area contributed by atoms with Crippen LogP contribution in [0.1, 0.15) is 73.6 Å². The first-order valence-electron chi connectivity index (χ1n) is 7.57.